The Morgan fingerprint density at radius 3 is 2.69 bits per heavy atom. The van der Waals surface area contributed by atoms with Gasteiger partial charge in [-0.15, -0.1) is 10.2 Å². The molecule has 150 valence electrons. The Kier molecular flexibility index (Phi) is 4.91. The number of nitrogens with zero attached hydrogens (tertiary/aromatic N) is 4. The smallest absolute Gasteiger partial charge is 0.416 e. The predicted octanol–water partition coefficient (Wildman–Crippen LogP) is 5.56. The lowest BCUT2D eigenvalue weighted by Crippen LogP contribution is -2.04. The summed E-state index contributed by atoms with van der Waals surface area (Å²) in [6.45, 7) is 3.56. The highest BCUT2D eigenvalue weighted by Crippen LogP contribution is 2.36. The topological polar surface area (TPSA) is 91.0 Å². The molecule has 29 heavy (non-hydrogen) atoms. The van der Waals surface area contributed by atoms with Crippen molar-refractivity contribution < 1.29 is 26.5 Å². The predicted molar refractivity (Wildman–Crippen MR) is 95.7 cm³/mol. The standard InChI is InChI=1S/C18H13F3N4O3S/c1-9-13(6-7-26-9)16-23-24-17(27-16)29-10(2)15-22-14(25-28-15)11-4-3-5-12(8-11)18(19,20)21/h3-8,10H,1-2H3. The second-order valence-corrected chi connectivity index (χ2v) is 7.35. The number of hydrogen-bond donors (Lipinski definition) is 0. The molecule has 11 heteroatoms. The maximum absolute atomic E-state index is 12.9. The van der Waals surface area contributed by atoms with Gasteiger partial charge >= 0.3 is 6.18 Å². The first-order valence-electron chi connectivity index (χ1n) is 8.37. The van der Waals surface area contributed by atoms with E-state index in [1.807, 2.05) is 0 Å². The third-order valence-electron chi connectivity index (χ3n) is 4.01. The Bertz CT molecular complexity index is 1140. The van der Waals surface area contributed by atoms with Gasteiger partial charge in [-0.1, -0.05) is 29.1 Å². The molecule has 4 rings (SSSR count). The number of hydrogen-bond acceptors (Lipinski definition) is 8. The number of aryl methyl sites for hydroxylation is 1. The van der Waals surface area contributed by atoms with Crippen LogP contribution in [0.1, 0.15) is 29.4 Å². The molecule has 1 unspecified atom stereocenters. The second-order valence-electron chi connectivity index (χ2n) is 6.06. The monoisotopic (exact) mass is 422 g/mol. The minimum absolute atomic E-state index is 0.0683. The van der Waals surface area contributed by atoms with Crippen LogP contribution in [0.15, 0.2) is 55.2 Å². The van der Waals surface area contributed by atoms with Gasteiger partial charge in [0, 0.05) is 5.56 Å². The highest BCUT2D eigenvalue weighted by Gasteiger charge is 2.31. The molecule has 1 atom stereocenters. The third kappa shape index (κ3) is 4.04. The molecule has 0 radical (unpaired) electrons. The van der Waals surface area contributed by atoms with Crippen LogP contribution in [-0.4, -0.2) is 20.3 Å². The summed E-state index contributed by atoms with van der Waals surface area (Å²) in [5.41, 5.74) is 0.126. The molecule has 0 N–H and O–H groups in total. The summed E-state index contributed by atoms with van der Waals surface area (Å²) < 4.78 is 54.7. The van der Waals surface area contributed by atoms with Gasteiger partial charge in [-0.05, 0) is 32.0 Å². The third-order valence-corrected chi connectivity index (χ3v) is 4.93. The first-order valence-corrected chi connectivity index (χ1v) is 9.25. The average molecular weight is 422 g/mol. The van der Waals surface area contributed by atoms with Crippen molar-refractivity contribution in [3.8, 4) is 22.8 Å². The van der Waals surface area contributed by atoms with E-state index in [0.29, 0.717) is 17.2 Å². The highest BCUT2D eigenvalue weighted by atomic mass is 32.2. The van der Waals surface area contributed by atoms with Crippen LogP contribution >= 0.6 is 11.8 Å². The van der Waals surface area contributed by atoms with Crippen molar-refractivity contribution in [2.75, 3.05) is 0 Å². The van der Waals surface area contributed by atoms with Crippen LogP contribution in [0.3, 0.4) is 0 Å². The van der Waals surface area contributed by atoms with Crippen molar-refractivity contribution in [2.45, 2.75) is 30.5 Å². The summed E-state index contributed by atoms with van der Waals surface area (Å²) in [7, 11) is 0. The van der Waals surface area contributed by atoms with Crippen molar-refractivity contribution in [3.05, 3.63) is 53.8 Å². The lowest BCUT2D eigenvalue weighted by atomic mass is 10.1. The molecular weight excluding hydrogens is 409 g/mol. The molecule has 3 aromatic heterocycles. The Morgan fingerprint density at radius 2 is 1.97 bits per heavy atom. The van der Waals surface area contributed by atoms with E-state index in [-0.39, 0.29) is 27.8 Å². The van der Waals surface area contributed by atoms with E-state index in [2.05, 4.69) is 20.3 Å². The van der Waals surface area contributed by atoms with Gasteiger partial charge in [0.15, 0.2) is 0 Å². The van der Waals surface area contributed by atoms with Gasteiger partial charge in [0.25, 0.3) is 11.1 Å². The van der Waals surface area contributed by atoms with Gasteiger partial charge < -0.3 is 13.4 Å². The van der Waals surface area contributed by atoms with Crippen LogP contribution in [0.2, 0.25) is 0 Å². The minimum atomic E-state index is -4.45. The Labute approximate surface area is 166 Å². The molecule has 0 saturated carbocycles. The number of halogens is 3. The molecule has 0 aliphatic rings. The van der Waals surface area contributed by atoms with Crippen molar-refractivity contribution in [2.24, 2.45) is 0 Å². The van der Waals surface area contributed by atoms with Crippen LogP contribution in [-0.2, 0) is 6.18 Å². The Balaban J connectivity index is 1.50. The van der Waals surface area contributed by atoms with Crippen LogP contribution in [0.25, 0.3) is 22.8 Å². The van der Waals surface area contributed by atoms with Gasteiger partial charge in [-0.25, -0.2) is 0 Å². The van der Waals surface area contributed by atoms with E-state index in [0.717, 1.165) is 12.1 Å². The molecule has 0 aliphatic carbocycles. The van der Waals surface area contributed by atoms with E-state index in [1.165, 1.54) is 30.2 Å². The fraction of sp³-hybridized carbons (Fsp3) is 0.222. The van der Waals surface area contributed by atoms with Crippen LogP contribution in [0.4, 0.5) is 13.2 Å². The SMILES string of the molecule is Cc1occc1-c1nnc(SC(C)c2nc(-c3cccc(C(F)(F)F)c3)no2)o1. The summed E-state index contributed by atoms with van der Waals surface area (Å²) in [5, 5.41) is 11.7. The maximum Gasteiger partial charge on any atom is 0.416 e. The fourth-order valence-electron chi connectivity index (χ4n) is 2.53. The summed E-state index contributed by atoms with van der Waals surface area (Å²) in [5.74, 6) is 1.27. The quantitative estimate of drug-likeness (QED) is 0.386. The molecule has 0 aliphatic heterocycles. The van der Waals surface area contributed by atoms with E-state index in [1.54, 1.807) is 19.9 Å². The minimum Gasteiger partial charge on any atom is -0.469 e. The van der Waals surface area contributed by atoms with Gasteiger partial charge in [-0.2, -0.15) is 18.2 Å². The average Bonchev–Trinajstić information content (AvgIpc) is 3.41. The van der Waals surface area contributed by atoms with Gasteiger partial charge in [0.1, 0.15) is 5.76 Å². The molecule has 3 heterocycles. The zero-order valence-electron chi connectivity index (χ0n) is 15.1. The fourth-order valence-corrected chi connectivity index (χ4v) is 3.24. The lowest BCUT2D eigenvalue weighted by Gasteiger charge is -2.06. The van der Waals surface area contributed by atoms with Crippen LogP contribution in [0.5, 0.6) is 0 Å². The summed E-state index contributed by atoms with van der Waals surface area (Å²) >= 11 is 1.19. The molecule has 1 aromatic carbocycles. The number of aromatic nitrogens is 4. The van der Waals surface area contributed by atoms with Crippen LogP contribution in [0, 0.1) is 6.92 Å². The van der Waals surface area contributed by atoms with Crippen molar-refractivity contribution >= 4 is 11.8 Å². The number of alkyl halides is 3. The van der Waals surface area contributed by atoms with Crippen molar-refractivity contribution in [1.82, 2.24) is 20.3 Å². The first kappa shape index (κ1) is 19.2. The first-order chi connectivity index (χ1) is 13.8. The van der Waals surface area contributed by atoms with Gasteiger partial charge in [0.05, 0.1) is 22.6 Å². The molecule has 7 nitrogen and oxygen atoms in total. The molecular formula is C18H13F3N4O3S. The zero-order valence-corrected chi connectivity index (χ0v) is 15.9. The largest absolute Gasteiger partial charge is 0.469 e. The molecule has 0 amide bonds. The van der Waals surface area contributed by atoms with E-state index < -0.39 is 11.7 Å². The summed E-state index contributed by atoms with van der Waals surface area (Å²) in [6.07, 6.45) is -2.92. The Hall–Kier alpha value is -3.08. The lowest BCUT2D eigenvalue weighted by molar-refractivity contribution is -0.137. The molecule has 0 spiro atoms. The number of benzene rings is 1. The number of rotatable bonds is 5. The zero-order chi connectivity index (χ0) is 20.6. The van der Waals surface area contributed by atoms with Crippen LogP contribution < -0.4 is 0 Å². The Morgan fingerprint density at radius 1 is 1.14 bits per heavy atom. The molecule has 0 saturated heterocycles. The number of furan rings is 1. The normalized spacial score (nSPS) is 13.0. The molecule has 0 fully saturated rings. The van der Waals surface area contributed by atoms with E-state index in [4.69, 9.17) is 13.4 Å². The van der Waals surface area contributed by atoms with E-state index in [9.17, 15) is 13.2 Å². The highest BCUT2D eigenvalue weighted by molar-refractivity contribution is 7.99. The summed E-state index contributed by atoms with van der Waals surface area (Å²) in [6, 6.07) is 6.46. The second kappa shape index (κ2) is 7.39. The van der Waals surface area contributed by atoms with E-state index >= 15 is 0 Å². The number of thioether (sulfide) groups is 1. The van der Waals surface area contributed by atoms with Crippen molar-refractivity contribution in [3.63, 3.8) is 0 Å². The molecule has 4 aromatic rings. The summed E-state index contributed by atoms with van der Waals surface area (Å²) in [4.78, 5) is 4.20. The molecule has 0 bridgehead atoms. The van der Waals surface area contributed by atoms with Gasteiger partial charge in [0.2, 0.25) is 11.7 Å². The van der Waals surface area contributed by atoms with Gasteiger partial charge in [-0.3, -0.25) is 0 Å². The van der Waals surface area contributed by atoms with Crippen molar-refractivity contribution in [1.29, 1.82) is 0 Å². The maximum atomic E-state index is 12.9.